The summed E-state index contributed by atoms with van der Waals surface area (Å²) in [5.74, 6) is 0. The Balaban J connectivity index is -0.0000000150. The van der Waals surface area contributed by atoms with Crippen LogP contribution in [0.4, 0.5) is 0 Å². The summed E-state index contributed by atoms with van der Waals surface area (Å²) in [4.78, 5) is 21.7. The molecule has 7 heteroatoms. The van der Waals surface area contributed by atoms with Gasteiger partial charge in [0.1, 0.15) is 0 Å². The van der Waals surface area contributed by atoms with E-state index >= 15 is 0 Å². The average Bonchev–Trinajstić information content (AvgIpc) is 0.811. The van der Waals surface area contributed by atoms with Crippen molar-refractivity contribution < 1.29 is 34.2 Å². The van der Waals surface area contributed by atoms with Crippen molar-refractivity contribution in [1.82, 2.24) is 0 Å². The Labute approximate surface area is 102 Å². The first-order valence-corrected chi connectivity index (χ1v) is 1.80. The fourth-order valence-electron chi connectivity index (χ4n) is 0. The van der Waals surface area contributed by atoms with E-state index in [2.05, 4.69) is 0 Å². The van der Waals surface area contributed by atoms with Crippen LogP contribution in [0.3, 0.4) is 0 Å². The van der Waals surface area contributed by atoms with Gasteiger partial charge in [-0.3, -0.25) is 0 Å². The molecule has 0 atom stereocenters. The van der Waals surface area contributed by atoms with E-state index in [1.165, 1.54) is 0 Å². The van der Waals surface area contributed by atoms with Gasteiger partial charge in [-0.1, -0.05) is 0 Å². The van der Waals surface area contributed by atoms with Crippen molar-refractivity contribution in [2.75, 3.05) is 0 Å². The largest absolute Gasteiger partial charge is 0.316 e. The van der Waals surface area contributed by atoms with E-state index in [-0.39, 0.29) is 80.3 Å². The summed E-state index contributed by atoms with van der Waals surface area (Å²) in [5.41, 5.74) is 0. The SMILES string of the molecule is OP(O)O.[CaH2].[MgH2].[Zn]. The van der Waals surface area contributed by atoms with Gasteiger partial charge in [-0.05, 0) is 0 Å². The summed E-state index contributed by atoms with van der Waals surface area (Å²) in [5, 5.41) is 0. The molecule has 0 aromatic rings. The molecule has 0 aliphatic heterocycles. The molecule has 3 nitrogen and oxygen atoms in total. The van der Waals surface area contributed by atoms with Crippen LogP contribution in [0.25, 0.3) is 0 Å². The van der Waals surface area contributed by atoms with Gasteiger partial charge in [-0.2, -0.15) is 0 Å². The second kappa shape index (κ2) is 16.0. The molecule has 3 N–H and O–H groups in total. The molecule has 0 unspecified atom stereocenters. The summed E-state index contributed by atoms with van der Waals surface area (Å²) in [6.07, 6.45) is 0. The van der Waals surface area contributed by atoms with E-state index in [0.717, 1.165) is 0 Å². The van der Waals surface area contributed by atoms with Crippen LogP contribution in [0.5, 0.6) is 0 Å². The molecule has 0 bridgehead atoms. The number of rotatable bonds is 0. The van der Waals surface area contributed by atoms with Crippen LogP contribution >= 0.6 is 8.60 Å². The molecule has 0 heterocycles. The van der Waals surface area contributed by atoms with Crippen molar-refractivity contribution in [1.29, 1.82) is 0 Å². The molecule has 7 heavy (non-hydrogen) atoms. The van der Waals surface area contributed by atoms with E-state index in [0.29, 0.717) is 0 Å². The van der Waals surface area contributed by atoms with Crippen molar-refractivity contribution in [2.24, 2.45) is 0 Å². The minimum absolute atomic E-state index is 0. The van der Waals surface area contributed by atoms with Gasteiger partial charge in [-0.25, -0.2) is 0 Å². The number of hydrogen-bond acceptors (Lipinski definition) is 3. The maximum atomic E-state index is 7.23. The summed E-state index contributed by atoms with van der Waals surface area (Å²) in [7, 11) is -2.62. The van der Waals surface area contributed by atoms with Crippen molar-refractivity contribution in [3.63, 3.8) is 0 Å². The Bertz CT molecular complexity index is 19.7. The molecular weight excluding hydrogens is 209 g/mol. The Morgan fingerprint density at radius 3 is 1.00 bits per heavy atom. The quantitative estimate of drug-likeness (QED) is 0.306. The van der Waals surface area contributed by atoms with Crippen LogP contribution in [-0.2, 0) is 19.5 Å². The predicted molar refractivity (Wildman–Crippen MR) is 30.7 cm³/mol. The van der Waals surface area contributed by atoms with Crippen LogP contribution in [0.15, 0.2) is 0 Å². The van der Waals surface area contributed by atoms with E-state index < -0.39 is 8.60 Å². The zero-order valence-electron chi connectivity index (χ0n) is 2.50. The Hall–Kier alpha value is 2.96. The van der Waals surface area contributed by atoms with Gasteiger partial charge in [0, 0.05) is 19.5 Å². The van der Waals surface area contributed by atoms with Crippen LogP contribution in [0.1, 0.15) is 0 Å². The zero-order valence-corrected chi connectivity index (χ0v) is 6.36. The first-order valence-electron chi connectivity index (χ1n) is 0.600. The van der Waals surface area contributed by atoms with Crippen LogP contribution in [0, 0.1) is 0 Å². The zero-order chi connectivity index (χ0) is 3.58. The topological polar surface area (TPSA) is 60.7 Å². The van der Waals surface area contributed by atoms with Crippen LogP contribution < -0.4 is 0 Å². The average molecular weight is 216 g/mol. The summed E-state index contributed by atoms with van der Waals surface area (Å²) >= 11 is 0. The molecular formula is H7CaMgO3PZn. The third-order valence-corrected chi connectivity index (χ3v) is 0. The van der Waals surface area contributed by atoms with Gasteiger partial charge < -0.3 is 14.7 Å². The fraction of sp³-hybridized carbons (Fsp3) is 0. The minimum Gasteiger partial charge on any atom is 0 e. The second-order valence-electron chi connectivity index (χ2n) is 0.268. The van der Waals surface area contributed by atoms with E-state index in [9.17, 15) is 0 Å². The smallest absolute Gasteiger partial charge is 0 e. The van der Waals surface area contributed by atoms with E-state index in [4.69, 9.17) is 14.7 Å². The maximum absolute atomic E-state index is 7.23. The van der Waals surface area contributed by atoms with Crippen molar-refractivity contribution in [3.05, 3.63) is 0 Å². The Kier molecular flexibility index (Phi) is 51.4. The summed E-state index contributed by atoms with van der Waals surface area (Å²) < 4.78 is 0. The monoisotopic (exact) mass is 214 g/mol. The fourth-order valence-corrected chi connectivity index (χ4v) is 0. The maximum Gasteiger partial charge on any atom is 0.316 e. The van der Waals surface area contributed by atoms with Crippen molar-refractivity contribution >= 4 is 69.4 Å². The molecule has 0 fully saturated rings. The molecule has 0 aliphatic rings. The third kappa shape index (κ3) is 49.5. The van der Waals surface area contributed by atoms with Gasteiger partial charge in [0.2, 0.25) is 0 Å². The van der Waals surface area contributed by atoms with Crippen LogP contribution in [0.2, 0.25) is 0 Å². The van der Waals surface area contributed by atoms with Crippen molar-refractivity contribution in [2.45, 2.75) is 0 Å². The molecule has 0 rings (SSSR count). The first kappa shape index (κ1) is 22.5. The third-order valence-electron chi connectivity index (χ3n) is 0. The normalized spacial score (nSPS) is 5.14. The molecule has 0 amide bonds. The number of hydrogen-bond donors (Lipinski definition) is 3. The van der Waals surface area contributed by atoms with Gasteiger partial charge in [-0.15, -0.1) is 0 Å². The molecule has 0 aliphatic carbocycles. The predicted octanol–water partition coefficient (Wildman–Crippen LogP) is -2.64. The second-order valence-corrected chi connectivity index (χ2v) is 0.805. The van der Waals surface area contributed by atoms with E-state index in [1.807, 2.05) is 0 Å². The Morgan fingerprint density at radius 1 is 1.00 bits per heavy atom. The minimum atomic E-state index is -2.62. The molecule has 0 aromatic carbocycles. The van der Waals surface area contributed by atoms with Gasteiger partial charge >= 0.3 is 69.4 Å². The summed E-state index contributed by atoms with van der Waals surface area (Å²) in [6, 6.07) is 0. The standard InChI is InChI=1S/Ca.Mg.H3O3P.Zn.4H/c;;1-4(2)3;;;;;/h;;1-3H;;;;;. The molecule has 0 spiro atoms. The molecule has 36 valence electrons. The van der Waals surface area contributed by atoms with Crippen LogP contribution in [-0.4, -0.2) is 75.5 Å². The molecule has 0 saturated heterocycles. The molecule has 0 saturated carbocycles. The molecule has 0 aromatic heterocycles. The molecule has 0 radical (unpaired) electrons. The van der Waals surface area contributed by atoms with Gasteiger partial charge in [0.15, 0.2) is 0 Å². The van der Waals surface area contributed by atoms with Gasteiger partial charge in [0.05, 0.1) is 0 Å². The van der Waals surface area contributed by atoms with Crippen molar-refractivity contribution in [3.8, 4) is 0 Å². The van der Waals surface area contributed by atoms with Gasteiger partial charge in [0.25, 0.3) is 0 Å². The summed E-state index contributed by atoms with van der Waals surface area (Å²) in [6.45, 7) is 0. The van der Waals surface area contributed by atoms with E-state index in [1.54, 1.807) is 0 Å². The Morgan fingerprint density at radius 2 is 1.00 bits per heavy atom. The first-order chi connectivity index (χ1) is 1.73.